The van der Waals surface area contributed by atoms with E-state index in [2.05, 4.69) is 5.32 Å². The Morgan fingerprint density at radius 3 is 2.80 bits per heavy atom. The van der Waals surface area contributed by atoms with E-state index in [9.17, 15) is 9.90 Å². The molecule has 132 valence electrons. The van der Waals surface area contributed by atoms with Gasteiger partial charge in [0, 0.05) is 6.54 Å². The number of ether oxygens (including phenoxy) is 2. The first-order valence-corrected chi connectivity index (χ1v) is 8.22. The summed E-state index contributed by atoms with van der Waals surface area (Å²) in [5.41, 5.74) is 2.63. The second-order valence-electron chi connectivity index (χ2n) is 5.82. The van der Waals surface area contributed by atoms with Crippen molar-refractivity contribution in [2.45, 2.75) is 6.04 Å². The van der Waals surface area contributed by atoms with Crippen molar-refractivity contribution in [3.8, 4) is 16.9 Å². The van der Waals surface area contributed by atoms with Crippen molar-refractivity contribution in [2.75, 3.05) is 38.8 Å². The molecule has 0 bridgehead atoms. The Kier molecular flexibility index (Phi) is 5.53. The molecule has 6 nitrogen and oxygen atoms in total. The maximum absolute atomic E-state index is 12.6. The average Bonchev–Trinajstić information content (AvgIpc) is 2.68. The highest BCUT2D eigenvalue weighted by molar-refractivity contribution is 5.92. The lowest BCUT2D eigenvalue weighted by molar-refractivity contribution is -0.00485. The Bertz CT molecular complexity index is 721. The number of aliphatic hydroxyl groups excluding tert-OH is 1. The fraction of sp³-hybridized carbons (Fsp3) is 0.316. The van der Waals surface area contributed by atoms with Gasteiger partial charge in [0.25, 0.3) is 0 Å². The predicted octanol–water partition coefficient (Wildman–Crippen LogP) is 2.59. The molecule has 3 rings (SSSR count). The lowest BCUT2D eigenvalue weighted by atomic mass is 10.0. The number of morpholine rings is 1. The van der Waals surface area contributed by atoms with Crippen LogP contribution in [0.5, 0.6) is 5.75 Å². The molecule has 1 fully saturated rings. The first-order valence-electron chi connectivity index (χ1n) is 8.22. The summed E-state index contributed by atoms with van der Waals surface area (Å²) in [5, 5.41) is 12.3. The highest BCUT2D eigenvalue weighted by Crippen LogP contribution is 2.31. The number of carbonyl (C=O) groups excluding carboxylic acids is 1. The van der Waals surface area contributed by atoms with Crippen LogP contribution in [0.25, 0.3) is 11.1 Å². The summed E-state index contributed by atoms with van der Waals surface area (Å²) >= 11 is 0. The Balaban J connectivity index is 1.84. The van der Waals surface area contributed by atoms with E-state index in [4.69, 9.17) is 9.47 Å². The second-order valence-corrected chi connectivity index (χ2v) is 5.82. The molecule has 1 saturated heterocycles. The summed E-state index contributed by atoms with van der Waals surface area (Å²) in [7, 11) is 1.57. The molecule has 6 heteroatoms. The first-order chi connectivity index (χ1) is 12.2. The lowest BCUT2D eigenvalue weighted by Crippen LogP contribution is -2.52. The molecule has 1 atom stereocenters. The van der Waals surface area contributed by atoms with Gasteiger partial charge in [-0.15, -0.1) is 0 Å². The molecule has 1 unspecified atom stereocenters. The van der Waals surface area contributed by atoms with E-state index in [-0.39, 0.29) is 18.7 Å². The molecule has 2 aromatic rings. The predicted molar refractivity (Wildman–Crippen MR) is 95.8 cm³/mol. The number of aliphatic hydroxyl groups is 1. The van der Waals surface area contributed by atoms with Crippen LogP contribution in [-0.4, -0.2) is 55.6 Å². The fourth-order valence-corrected chi connectivity index (χ4v) is 2.88. The normalized spacial score (nSPS) is 17.2. The zero-order chi connectivity index (χ0) is 17.6. The molecule has 0 aromatic heterocycles. The van der Waals surface area contributed by atoms with Gasteiger partial charge in [-0.05, 0) is 23.3 Å². The SMILES string of the molecule is COc1ccc(-c2ccccc2)cc1NC(=O)N1CCOCC1CO. The molecule has 2 amide bonds. The number of methoxy groups -OCH3 is 1. The zero-order valence-corrected chi connectivity index (χ0v) is 14.1. The number of anilines is 1. The molecule has 2 aromatic carbocycles. The van der Waals surface area contributed by atoms with Crippen LogP contribution in [0.2, 0.25) is 0 Å². The van der Waals surface area contributed by atoms with Gasteiger partial charge < -0.3 is 24.8 Å². The van der Waals surface area contributed by atoms with Gasteiger partial charge in [0.2, 0.25) is 0 Å². The van der Waals surface area contributed by atoms with Crippen molar-refractivity contribution in [3.05, 3.63) is 48.5 Å². The molecule has 0 radical (unpaired) electrons. The Labute approximate surface area is 147 Å². The van der Waals surface area contributed by atoms with Crippen LogP contribution in [0.4, 0.5) is 10.5 Å². The quantitative estimate of drug-likeness (QED) is 0.896. The minimum absolute atomic E-state index is 0.130. The largest absolute Gasteiger partial charge is 0.495 e. The van der Waals surface area contributed by atoms with Crippen molar-refractivity contribution >= 4 is 11.7 Å². The molecule has 1 heterocycles. The van der Waals surface area contributed by atoms with Gasteiger partial charge in [0.15, 0.2) is 0 Å². The maximum atomic E-state index is 12.6. The monoisotopic (exact) mass is 342 g/mol. The van der Waals surface area contributed by atoms with Gasteiger partial charge in [0.1, 0.15) is 5.75 Å². The Morgan fingerprint density at radius 1 is 1.28 bits per heavy atom. The van der Waals surface area contributed by atoms with E-state index < -0.39 is 0 Å². The van der Waals surface area contributed by atoms with Crippen LogP contribution < -0.4 is 10.1 Å². The van der Waals surface area contributed by atoms with E-state index in [0.717, 1.165) is 11.1 Å². The van der Waals surface area contributed by atoms with Crippen LogP contribution in [0.3, 0.4) is 0 Å². The highest BCUT2D eigenvalue weighted by Gasteiger charge is 2.27. The smallest absolute Gasteiger partial charge is 0.322 e. The number of hydrogen-bond acceptors (Lipinski definition) is 4. The van der Waals surface area contributed by atoms with E-state index in [1.165, 1.54) is 0 Å². The number of nitrogens with one attached hydrogen (secondary N) is 1. The first kappa shape index (κ1) is 17.3. The summed E-state index contributed by atoms with van der Waals surface area (Å²) < 4.78 is 10.7. The van der Waals surface area contributed by atoms with E-state index >= 15 is 0 Å². The van der Waals surface area contributed by atoms with Gasteiger partial charge in [-0.2, -0.15) is 0 Å². The fourth-order valence-electron chi connectivity index (χ4n) is 2.88. The van der Waals surface area contributed by atoms with Crippen LogP contribution in [0.15, 0.2) is 48.5 Å². The lowest BCUT2D eigenvalue weighted by Gasteiger charge is -2.34. The van der Waals surface area contributed by atoms with E-state index in [0.29, 0.717) is 31.2 Å². The van der Waals surface area contributed by atoms with Crippen molar-refractivity contribution in [2.24, 2.45) is 0 Å². The van der Waals surface area contributed by atoms with Crippen LogP contribution in [-0.2, 0) is 4.74 Å². The second kappa shape index (κ2) is 8.00. The number of amides is 2. The topological polar surface area (TPSA) is 71.0 Å². The Hall–Kier alpha value is -2.57. The molecule has 0 spiro atoms. The van der Waals surface area contributed by atoms with Crippen LogP contribution >= 0.6 is 0 Å². The summed E-state index contributed by atoms with van der Waals surface area (Å²) in [5.74, 6) is 0.585. The van der Waals surface area contributed by atoms with Crippen LogP contribution in [0.1, 0.15) is 0 Å². The third-order valence-corrected chi connectivity index (χ3v) is 4.25. The highest BCUT2D eigenvalue weighted by atomic mass is 16.5. The number of carbonyl (C=O) groups is 1. The van der Waals surface area contributed by atoms with Gasteiger partial charge in [0.05, 0.1) is 38.7 Å². The Morgan fingerprint density at radius 2 is 2.08 bits per heavy atom. The molecule has 1 aliphatic heterocycles. The summed E-state index contributed by atoms with van der Waals surface area (Å²) in [4.78, 5) is 14.2. The molecule has 2 N–H and O–H groups in total. The minimum atomic E-state index is -0.336. The molecular formula is C19H22N2O4. The average molecular weight is 342 g/mol. The molecule has 0 saturated carbocycles. The standard InChI is InChI=1S/C19H22N2O4/c1-24-18-8-7-15(14-5-3-2-4-6-14)11-17(18)20-19(23)21-9-10-25-13-16(21)12-22/h2-8,11,16,22H,9-10,12-13H2,1H3,(H,20,23). The summed E-state index contributed by atoms with van der Waals surface area (Å²) in [6.45, 7) is 1.11. The van der Waals surface area contributed by atoms with Gasteiger partial charge in [-0.3, -0.25) is 0 Å². The number of urea groups is 1. The van der Waals surface area contributed by atoms with Crippen molar-refractivity contribution in [3.63, 3.8) is 0 Å². The van der Waals surface area contributed by atoms with E-state index in [1.807, 2.05) is 48.5 Å². The molecular weight excluding hydrogens is 320 g/mol. The third-order valence-electron chi connectivity index (χ3n) is 4.25. The van der Waals surface area contributed by atoms with Gasteiger partial charge in [-0.1, -0.05) is 36.4 Å². The third kappa shape index (κ3) is 3.92. The number of benzene rings is 2. The molecule has 0 aliphatic carbocycles. The minimum Gasteiger partial charge on any atom is -0.495 e. The number of rotatable bonds is 4. The maximum Gasteiger partial charge on any atom is 0.322 e. The van der Waals surface area contributed by atoms with Crippen molar-refractivity contribution in [1.29, 1.82) is 0 Å². The van der Waals surface area contributed by atoms with Crippen molar-refractivity contribution < 1.29 is 19.4 Å². The van der Waals surface area contributed by atoms with Crippen molar-refractivity contribution in [1.82, 2.24) is 4.90 Å². The van der Waals surface area contributed by atoms with Crippen LogP contribution in [0, 0.1) is 0 Å². The summed E-state index contributed by atoms with van der Waals surface area (Å²) in [6.07, 6.45) is 0. The van der Waals surface area contributed by atoms with Gasteiger partial charge in [-0.25, -0.2) is 4.79 Å². The van der Waals surface area contributed by atoms with E-state index in [1.54, 1.807) is 12.0 Å². The zero-order valence-electron chi connectivity index (χ0n) is 14.1. The number of hydrogen-bond donors (Lipinski definition) is 2. The number of nitrogens with zero attached hydrogens (tertiary/aromatic N) is 1. The molecule has 1 aliphatic rings. The van der Waals surface area contributed by atoms with Gasteiger partial charge >= 0.3 is 6.03 Å². The summed E-state index contributed by atoms with van der Waals surface area (Å²) in [6, 6.07) is 15.0. The molecule has 25 heavy (non-hydrogen) atoms.